The van der Waals surface area contributed by atoms with E-state index in [2.05, 4.69) is 0 Å². The maximum Gasteiger partial charge on any atom is 0.211 e. The molecule has 0 aliphatic carbocycles. The minimum absolute atomic E-state index is 0.00528. The van der Waals surface area contributed by atoms with E-state index in [1.54, 1.807) is 6.29 Å². The zero-order valence-corrected chi connectivity index (χ0v) is 8.58. The number of hydrogen-bond acceptors (Lipinski definition) is 5. The molecule has 85 valence electrons. The summed E-state index contributed by atoms with van der Waals surface area (Å²) in [5.41, 5.74) is 0. The molecule has 2 unspecified atom stereocenters. The van der Waals surface area contributed by atoms with Crippen LogP contribution < -0.4 is 0 Å². The Morgan fingerprint density at radius 1 is 1.07 bits per heavy atom. The van der Waals surface area contributed by atoms with Crippen LogP contribution in [0, 0.1) is 26.1 Å². The Bertz CT molecular complexity index is 233. The molecule has 0 heterocycles. The lowest BCUT2D eigenvalue weighted by atomic mass is 9.96. The second-order valence-electron chi connectivity index (χ2n) is 3.55. The van der Waals surface area contributed by atoms with Crippen molar-refractivity contribution in [2.24, 2.45) is 5.92 Å². The molecule has 0 saturated heterocycles. The number of nitrogens with zero attached hydrogens (tertiary/aromatic N) is 2. The number of carbonyl (C=O) groups excluding carboxylic acids is 1. The molecule has 1 radical (unpaired) electrons. The summed E-state index contributed by atoms with van der Waals surface area (Å²) < 4.78 is 0. The molecule has 0 aromatic rings. The third kappa shape index (κ3) is 5.04. The van der Waals surface area contributed by atoms with Gasteiger partial charge in [-0.3, -0.25) is 25.0 Å². The topological polar surface area (TPSA) is 103 Å². The van der Waals surface area contributed by atoms with Crippen LogP contribution >= 0.6 is 0 Å². The van der Waals surface area contributed by atoms with E-state index in [0.717, 1.165) is 0 Å². The van der Waals surface area contributed by atoms with Crippen molar-refractivity contribution >= 4 is 6.29 Å². The van der Waals surface area contributed by atoms with Gasteiger partial charge in [0, 0.05) is 42.5 Å². The van der Waals surface area contributed by atoms with Crippen LogP contribution in [0.5, 0.6) is 0 Å². The van der Waals surface area contributed by atoms with Gasteiger partial charge in [0.05, 0.1) is 0 Å². The van der Waals surface area contributed by atoms with Gasteiger partial charge < -0.3 is 0 Å². The van der Waals surface area contributed by atoms with Crippen LogP contribution in [-0.2, 0) is 4.79 Å². The van der Waals surface area contributed by atoms with E-state index in [4.69, 9.17) is 0 Å². The van der Waals surface area contributed by atoms with E-state index >= 15 is 0 Å². The second kappa shape index (κ2) is 6.05. The van der Waals surface area contributed by atoms with Gasteiger partial charge in [-0.1, -0.05) is 0 Å². The van der Waals surface area contributed by atoms with E-state index in [0.29, 0.717) is 0 Å². The lowest BCUT2D eigenvalue weighted by molar-refractivity contribution is -0.525. The summed E-state index contributed by atoms with van der Waals surface area (Å²) in [7, 11) is 0. The summed E-state index contributed by atoms with van der Waals surface area (Å²) in [6.07, 6.45) is 1.60. The summed E-state index contributed by atoms with van der Waals surface area (Å²) >= 11 is 0. The van der Waals surface area contributed by atoms with Crippen molar-refractivity contribution in [3.8, 4) is 0 Å². The number of nitro groups is 2. The predicted molar refractivity (Wildman–Crippen MR) is 51.3 cm³/mol. The van der Waals surface area contributed by atoms with Crippen molar-refractivity contribution in [1.82, 2.24) is 0 Å². The maximum absolute atomic E-state index is 10.5. The molecule has 0 aromatic heterocycles. The van der Waals surface area contributed by atoms with E-state index in [1.807, 2.05) is 0 Å². The van der Waals surface area contributed by atoms with Crippen molar-refractivity contribution in [2.75, 3.05) is 0 Å². The molecule has 0 saturated carbocycles. The fourth-order valence-electron chi connectivity index (χ4n) is 1.19. The van der Waals surface area contributed by atoms with Gasteiger partial charge in [-0.15, -0.1) is 0 Å². The van der Waals surface area contributed by atoms with Crippen molar-refractivity contribution in [1.29, 1.82) is 0 Å². The monoisotopic (exact) mass is 217 g/mol. The first-order valence-corrected chi connectivity index (χ1v) is 4.53. The molecule has 0 fully saturated rings. The normalized spacial score (nSPS) is 16.4. The van der Waals surface area contributed by atoms with Gasteiger partial charge in [0.1, 0.15) is 0 Å². The van der Waals surface area contributed by atoms with Crippen molar-refractivity contribution < 1.29 is 14.6 Å². The Labute approximate surface area is 86.8 Å². The summed E-state index contributed by atoms with van der Waals surface area (Å²) in [4.78, 5) is 30.0. The first-order chi connectivity index (χ1) is 6.88. The van der Waals surface area contributed by atoms with Crippen molar-refractivity contribution in [3.05, 3.63) is 20.2 Å². The van der Waals surface area contributed by atoms with Crippen LogP contribution in [0.1, 0.15) is 26.7 Å². The highest BCUT2D eigenvalue weighted by Crippen LogP contribution is 2.14. The van der Waals surface area contributed by atoms with Gasteiger partial charge in [-0.25, -0.2) is 0 Å². The Hall–Kier alpha value is -1.53. The molecule has 0 rings (SSSR count). The molecule has 2 atom stereocenters. The van der Waals surface area contributed by atoms with Crippen molar-refractivity contribution in [3.63, 3.8) is 0 Å². The molecule has 7 nitrogen and oxygen atoms in total. The summed E-state index contributed by atoms with van der Waals surface area (Å²) in [5, 5.41) is 20.6. The molecule has 0 aliphatic rings. The third-order valence-electron chi connectivity index (χ3n) is 2.14. The molecule has 0 N–H and O–H groups in total. The standard InChI is InChI=1S/C8H13N2O5/c1-6(9(12)13)3-8(5-11)4-7(2)10(14)15/h6-8H,3-4H2,1-2H3. The summed E-state index contributed by atoms with van der Waals surface area (Å²) in [5.74, 6) is -0.745. The predicted octanol–water partition coefficient (Wildman–Crippen LogP) is 0.823. The summed E-state index contributed by atoms with van der Waals surface area (Å²) in [6, 6.07) is -1.76. The highest BCUT2D eigenvalue weighted by atomic mass is 16.6. The fraction of sp³-hybridized carbons (Fsp3) is 0.875. The highest BCUT2D eigenvalue weighted by molar-refractivity contribution is 5.54. The zero-order valence-electron chi connectivity index (χ0n) is 8.58. The van der Waals surface area contributed by atoms with E-state index in [1.165, 1.54) is 13.8 Å². The van der Waals surface area contributed by atoms with Crippen molar-refractivity contribution in [2.45, 2.75) is 38.8 Å². The Kier molecular flexibility index (Phi) is 5.43. The van der Waals surface area contributed by atoms with Gasteiger partial charge in [0.25, 0.3) is 0 Å². The summed E-state index contributed by atoms with van der Waals surface area (Å²) in [6.45, 7) is 2.72. The Balaban J connectivity index is 4.20. The number of rotatable bonds is 7. The quantitative estimate of drug-likeness (QED) is 0.464. The molecule has 0 aromatic carbocycles. The van der Waals surface area contributed by atoms with Gasteiger partial charge in [-0.05, 0) is 0 Å². The molecule has 0 bridgehead atoms. The average Bonchev–Trinajstić information content (AvgIpc) is 2.15. The average molecular weight is 217 g/mol. The molecule has 0 aliphatic heterocycles. The number of hydrogen-bond donors (Lipinski definition) is 0. The van der Waals surface area contributed by atoms with Crippen LogP contribution in [-0.4, -0.2) is 28.2 Å². The molecule has 15 heavy (non-hydrogen) atoms. The Morgan fingerprint density at radius 3 is 1.60 bits per heavy atom. The lowest BCUT2D eigenvalue weighted by Crippen LogP contribution is -2.25. The lowest BCUT2D eigenvalue weighted by Gasteiger charge is -2.11. The molecule has 0 spiro atoms. The van der Waals surface area contributed by atoms with Crippen LogP contribution in [0.2, 0.25) is 0 Å². The maximum atomic E-state index is 10.5. The van der Waals surface area contributed by atoms with Gasteiger partial charge in [-0.2, -0.15) is 0 Å². The second-order valence-corrected chi connectivity index (χ2v) is 3.55. The first kappa shape index (κ1) is 13.5. The minimum atomic E-state index is -0.879. The van der Waals surface area contributed by atoms with Gasteiger partial charge in [0.15, 0.2) is 0 Å². The largest absolute Gasteiger partial charge is 0.291 e. The molecular weight excluding hydrogens is 204 g/mol. The van der Waals surface area contributed by atoms with E-state index < -0.39 is 27.8 Å². The van der Waals surface area contributed by atoms with Crippen LogP contribution in [0.3, 0.4) is 0 Å². The first-order valence-electron chi connectivity index (χ1n) is 4.53. The van der Waals surface area contributed by atoms with E-state index in [9.17, 15) is 25.0 Å². The third-order valence-corrected chi connectivity index (χ3v) is 2.14. The van der Waals surface area contributed by atoms with Crippen LogP contribution in [0.15, 0.2) is 0 Å². The SMILES string of the molecule is CC(CC([C]=O)CC(C)[N+](=O)[O-])[N+](=O)[O-]. The smallest absolute Gasteiger partial charge is 0.211 e. The van der Waals surface area contributed by atoms with Gasteiger partial charge >= 0.3 is 0 Å². The van der Waals surface area contributed by atoms with E-state index in [-0.39, 0.29) is 12.8 Å². The molecule has 7 heteroatoms. The zero-order chi connectivity index (χ0) is 12.0. The fourth-order valence-corrected chi connectivity index (χ4v) is 1.19. The van der Waals surface area contributed by atoms with Gasteiger partial charge in [0.2, 0.25) is 18.4 Å². The Morgan fingerprint density at radius 2 is 1.40 bits per heavy atom. The minimum Gasteiger partial charge on any atom is -0.291 e. The molecular formula is C8H13N2O5. The molecule has 0 amide bonds. The van der Waals surface area contributed by atoms with Crippen LogP contribution in [0.4, 0.5) is 0 Å². The highest BCUT2D eigenvalue weighted by Gasteiger charge is 2.26. The van der Waals surface area contributed by atoms with Crippen LogP contribution in [0.25, 0.3) is 0 Å².